The Bertz CT molecular complexity index is 896. The normalized spacial score (nSPS) is 17.6. The summed E-state index contributed by atoms with van der Waals surface area (Å²) in [4.78, 5) is 21.8. The van der Waals surface area contributed by atoms with Gasteiger partial charge in [0.05, 0.1) is 17.5 Å². The number of amides is 1. The maximum atomic E-state index is 12.6. The van der Waals surface area contributed by atoms with E-state index in [-0.39, 0.29) is 11.9 Å². The molecule has 2 N–H and O–H groups in total. The maximum absolute atomic E-state index is 12.6. The van der Waals surface area contributed by atoms with Gasteiger partial charge in [-0.25, -0.2) is 9.50 Å². The lowest BCUT2D eigenvalue weighted by Gasteiger charge is -2.17. The number of hydrogen-bond donors (Lipinski definition) is 2. The van der Waals surface area contributed by atoms with E-state index >= 15 is 0 Å². The van der Waals surface area contributed by atoms with Gasteiger partial charge < -0.3 is 15.2 Å². The van der Waals surface area contributed by atoms with Crippen LogP contribution in [0.1, 0.15) is 28.0 Å². The van der Waals surface area contributed by atoms with Gasteiger partial charge in [-0.05, 0) is 38.0 Å². The Morgan fingerprint density at radius 3 is 3.00 bits per heavy atom. The van der Waals surface area contributed by atoms with E-state index < -0.39 is 0 Å². The second kappa shape index (κ2) is 5.67. The number of aromatic nitrogens is 4. The van der Waals surface area contributed by atoms with Crippen LogP contribution in [-0.2, 0) is 0 Å². The fourth-order valence-corrected chi connectivity index (χ4v) is 3.19. The van der Waals surface area contributed by atoms with E-state index in [1.807, 2.05) is 43.3 Å². The Morgan fingerprint density at radius 2 is 2.21 bits per heavy atom. The highest BCUT2D eigenvalue weighted by atomic mass is 16.2. The number of aryl methyl sites for hydroxylation is 2. The Kier molecular flexibility index (Phi) is 3.48. The van der Waals surface area contributed by atoms with Crippen molar-refractivity contribution in [3.8, 4) is 0 Å². The summed E-state index contributed by atoms with van der Waals surface area (Å²) >= 11 is 0. The van der Waals surface area contributed by atoms with Crippen LogP contribution in [0.3, 0.4) is 0 Å². The summed E-state index contributed by atoms with van der Waals surface area (Å²) in [5, 5.41) is 7.95. The van der Waals surface area contributed by atoms with Crippen LogP contribution in [0.2, 0.25) is 0 Å². The van der Waals surface area contributed by atoms with Gasteiger partial charge in [0, 0.05) is 31.5 Å². The van der Waals surface area contributed by atoms with Crippen molar-refractivity contribution in [1.82, 2.24) is 24.5 Å². The van der Waals surface area contributed by atoms with E-state index in [1.54, 1.807) is 10.7 Å². The molecule has 1 aliphatic rings. The lowest BCUT2D eigenvalue weighted by Crippen LogP contribution is -2.31. The molecule has 3 aromatic heterocycles. The average Bonchev–Trinajstić information content (AvgIpc) is 3.25. The number of H-pyrrole nitrogens is 1. The number of carbonyl (C=O) groups is 1. The number of nitrogens with zero attached hydrogens (tertiary/aromatic N) is 4. The largest absolute Gasteiger partial charge is 0.367 e. The molecular formula is C17H20N6O. The Balaban J connectivity index is 1.44. The monoisotopic (exact) mass is 324 g/mol. The SMILES string of the molecule is Cc1cn2nc(N[C@@H]3CCN(C(=O)c4c[nH]cc4C)C3)ccc2n1. The number of fused-ring (bicyclic) bond motifs is 1. The number of carbonyl (C=O) groups excluding carboxylic acids is 1. The zero-order chi connectivity index (χ0) is 16.7. The van der Waals surface area contributed by atoms with Crippen LogP contribution < -0.4 is 5.32 Å². The molecule has 1 fully saturated rings. The topological polar surface area (TPSA) is 78.3 Å². The second-order valence-corrected chi connectivity index (χ2v) is 6.34. The van der Waals surface area contributed by atoms with E-state index in [4.69, 9.17) is 0 Å². The van der Waals surface area contributed by atoms with E-state index in [9.17, 15) is 4.79 Å². The summed E-state index contributed by atoms with van der Waals surface area (Å²) in [7, 11) is 0. The number of likely N-dealkylation sites (tertiary alicyclic amines) is 1. The van der Waals surface area contributed by atoms with E-state index in [0.717, 1.165) is 41.3 Å². The summed E-state index contributed by atoms with van der Waals surface area (Å²) in [6.07, 6.45) is 6.44. The third-order valence-corrected chi connectivity index (χ3v) is 4.45. The predicted octanol–water partition coefficient (Wildman–Crippen LogP) is 2.00. The first-order chi connectivity index (χ1) is 11.6. The average molecular weight is 324 g/mol. The minimum absolute atomic E-state index is 0.0895. The molecule has 0 spiro atoms. The highest BCUT2D eigenvalue weighted by molar-refractivity contribution is 5.95. The summed E-state index contributed by atoms with van der Waals surface area (Å²) in [5.41, 5.74) is 3.52. The molecular weight excluding hydrogens is 304 g/mol. The highest BCUT2D eigenvalue weighted by Gasteiger charge is 2.28. The van der Waals surface area contributed by atoms with Crippen LogP contribution in [0.4, 0.5) is 5.82 Å². The molecule has 1 amide bonds. The first-order valence-corrected chi connectivity index (χ1v) is 8.12. The second-order valence-electron chi connectivity index (χ2n) is 6.34. The number of imidazole rings is 1. The molecule has 0 unspecified atom stereocenters. The van der Waals surface area contributed by atoms with Gasteiger partial charge in [-0.3, -0.25) is 4.79 Å². The fourth-order valence-electron chi connectivity index (χ4n) is 3.19. The van der Waals surface area contributed by atoms with E-state index in [0.29, 0.717) is 6.54 Å². The van der Waals surface area contributed by atoms with Gasteiger partial charge in [0.1, 0.15) is 5.82 Å². The number of nitrogens with one attached hydrogen (secondary N) is 2. The third kappa shape index (κ3) is 2.62. The van der Waals surface area contributed by atoms with Crippen LogP contribution >= 0.6 is 0 Å². The van der Waals surface area contributed by atoms with Crippen molar-refractivity contribution < 1.29 is 4.79 Å². The predicted molar refractivity (Wildman–Crippen MR) is 91.2 cm³/mol. The molecule has 24 heavy (non-hydrogen) atoms. The van der Waals surface area contributed by atoms with Gasteiger partial charge in [0.15, 0.2) is 5.65 Å². The van der Waals surface area contributed by atoms with Crippen molar-refractivity contribution in [1.29, 1.82) is 0 Å². The van der Waals surface area contributed by atoms with Crippen molar-refractivity contribution in [2.24, 2.45) is 0 Å². The number of aromatic amines is 1. The minimum Gasteiger partial charge on any atom is -0.367 e. The summed E-state index contributed by atoms with van der Waals surface area (Å²) < 4.78 is 1.78. The third-order valence-electron chi connectivity index (χ3n) is 4.45. The molecule has 1 aliphatic heterocycles. The first-order valence-electron chi connectivity index (χ1n) is 8.12. The highest BCUT2D eigenvalue weighted by Crippen LogP contribution is 2.18. The van der Waals surface area contributed by atoms with Gasteiger partial charge in [-0.15, -0.1) is 5.10 Å². The molecule has 1 atom stereocenters. The zero-order valence-electron chi connectivity index (χ0n) is 13.8. The summed E-state index contributed by atoms with van der Waals surface area (Å²) in [6, 6.07) is 4.09. The van der Waals surface area contributed by atoms with Crippen LogP contribution in [0.5, 0.6) is 0 Å². The molecule has 124 valence electrons. The Labute approximate surface area is 139 Å². The lowest BCUT2D eigenvalue weighted by atomic mass is 10.2. The van der Waals surface area contributed by atoms with Crippen molar-refractivity contribution in [2.75, 3.05) is 18.4 Å². The summed E-state index contributed by atoms with van der Waals surface area (Å²) in [6.45, 7) is 5.34. The van der Waals surface area contributed by atoms with Crippen molar-refractivity contribution in [3.05, 3.63) is 47.5 Å². The molecule has 3 aromatic rings. The van der Waals surface area contributed by atoms with Gasteiger partial charge in [0.2, 0.25) is 0 Å². The van der Waals surface area contributed by atoms with Crippen LogP contribution in [0.15, 0.2) is 30.7 Å². The van der Waals surface area contributed by atoms with Crippen LogP contribution in [0, 0.1) is 13.8 Å². The molecule has 1 saturated heterocycles. The standard InChI is InChI=1S/C17H20N6O/c1-11-7-18-8-14(11)17(24)22-6-5-13(10-22)20-15-3-4-16-19-12(2)9-23(16)21-15/h3-4,7-9,13,18H,5-6,10H2,1-2H3,(H,20,21)/t13-/m1/s1. The van der Waals surface area contributed by atoms with Gasteiger partial charge in [-0.1, -0.05) is 0 Å². The lowest BCUT2D eigenvalue weighted by molar-refractivity contribution is 0.0791. The van der Waals surface area contributed by atoms with Gasteiger partial charge in [-0.2, -0.15) is 0 Å². The van der Waals surface area contributed by atoms with E-state index in [2.05, 4.69) is 20.4 Å². The minimum atomic E-state index is 0.0895. The van der Waals surface area contributed by atoms with Crippen molar-refractivity contribution >= 4 is 17.4 Å². The molecule has 0 aliphatic carbocycles. The Hall–Kier alpha value is -2.83. The van der Waals surface area contributed by atoms with Crippen molar-refractivity contribution in [3.63, 3.8) is 0 Å². The summed E-state index contributed by atoms with van der Waals surface area (Å²) in [5.74, 6) is 0.892. The molecule has 0 radical (unpaired) electrons. The smallest absolute Gasteiger partial charge is 0.255 e. The first kappa shape index (κ1) is 14.7. The molecule has 0 saturated carbocycles. The van der Waals surface area contributed by atoms with Gasteiger partial charge in [0.25, 0.3) is 5.91 Å². The molecule has 0 bridgehead atoms. The molecule has 4 rings (SSSR count). The fraction of sp³-hybridized carbons (Fsp3) is 0.353. The zero-order valence-corrected chi connectivity index (χ0v) is 13.8. The molecule has 7 nitrogen and oxygen atoms in total. The molecule has 7 heteroatoms. The van der Waals surface area contributed by atoms with Crippen LogP contribution in [0.25, 0.3) is 5.65 Å². The molecule has 4 heterocycles. The maximum Gasteiger partial charge on any atom is 0.255 e. The van der Waals surface area contributed by atoms with E-state index in [1.165, 1.54) is 0 Å². The molecule has 0 aromatic carbocycles. The number of rotatable bonds is 3. The van der Waals surface area contributed by atoms with Crippen LogP contribution in [-0.4, -0.2) is 49.5 Å². The quantitative estimate of drug-likeness (QED) is 0.772. The Morgan fingerprint density at radius 1 is 1.33 bits per heavy atom. The number of hydrogen-bond acceptors (Lipinski definition) is 4. The van der Waals surface area contributed by atoms with Gasteiger partial charge >= 0.3 is 0 Å². The number of anilines is 1. The van der Waals surface area contributed by atoms with Crippen molar-refractivity contribution in [2.45, 2.75) is 26.3 Å².